The summed E-state index contributed by atoms with van der Waals surface area (Å²) in [6.07, 6.45) is 2.78. The van der Waals surface area contributed by atoms with Gasteiger partial charge in [-0.1, -0.05) is 13.8 Å². The van der Waals surface area contributed by atoms with Crippen molar-refractivity contribution in [2.24, 2.45) is 11.8 Å². The van der Waals surface area contributed by atoms with E-state index in [-0.39, 0.29) is 18.4 Å². The maximum absolute atomic E-state index is 11.4. The molecule has 17 heavy (non-hydrogen) atoms. The van der Waals surface area contributed by atoms with Crippen molar-refractivity contribution < 1.29 is 19.4 Å². The topological polar surface area (TPSA) is 75.6 Å². The van der Waals surface area contributed by atoms with E-state index in [4.69, 9.17) is 9.84 Å². The molecule has 0 aromatic rings. The largest absolute Gasteiger partial charge is 0.480 e. The Morgan fingerprint density at radius 3 is 2.53 bits per heavy atom. The highest BCUT2D eigenvalue weighted by Gasteiger charge is 2.23. The first-order valence-electron chi connectivity index (χ1n) is 6.09. The van der Waals surface area contributed by atoms with Crippen molar-refractivity contribution in [1.29, 1.82) is 0 Å². The fourth-order valence-electron chi connectivity index (χ4n) is 1.53. The van der Waals surface area contributed by atoms with Gasteiger partial charge in [0.1, 0.15) is 12.6 Å². The minimum absolute atomic E-state index is 0.0433. The average molecular weight is 243 g/mol. The second-order valence-corrected chi connectivity index (χ2v) is 5.05. The highest BCUT2D eigenvalue weighted by atomic mass is 16.5. The van der Waals surface area contributed by atoms with Crippen LogP contribution in [0.5, 0.6) is 0 Å². The Kier molecular flexibility index (Phi) is 5.41. The predicted octanol–water partition coefficient (Wildman–Crippen LogP) is 1.03. The molecule has 0 aliphatic heterocycles. The molecule has 0 aromatic carbocycles. The first-order chi connectivity index (χ1) is 7.99. The molecule has 1 amide bonds. The van der Waals surface area contributed by atoms with Gasteiger partial charge in [0, 0.05) is 0 Å². The monoisotopic (exact) mass is 243 g/mol. The van der Waals surface area contributed by atoms with Gasteiger partial charge in [0.05, 0.1) is 6.61 Å². The smallest absolute Gasteiger partial charge is 0.326 e. The number of aliphatic carboxylic acids is 1. The van der Waals surface area contributed by atoms with Crippen LogP contribution in [0.4, 0.5) is 0 Å². The van der Waals surface area contributed by atoms with Gasteiger partial charge in [-0.05, 0) is 31.1 Å². The van der Waals surface area contributed by atoms with Gasteiger partial charge in [-0.15, -0.1) is 0 Å². The molecule has 0 radical (unpaired) electrons. The van der Waals surface area contributed by atoms with E-state index >= 15 is 0 Å². The lowest BCUT2D eigenvalue weighted by atomic mass is 10.0. The number of hydrogen-bond acceptors (Lipinski definition) is 3. The molecule has 5 nitrogen and oxygen atoms in total. The standard InChI is InChI=1S/C12H21NO4/c1-8(2)5-10(12(15)16)13-11(14)7-17-6-9-3-4-9/h8-10H,3-7H2,1-2H3,(H,13,14)(H,15,16)/t10-/m1/s1. The molecule has 1 saturated carbocycles. The van der Waals surface area contributed by atoms with Gasteiger partial charge >= 0.3 is 5.97 Å². The predicted molar refractivity (Wildman–Crippen MR) is 62.6 cm³/mol. The van der Waals surface area contributed by atoms with Crippen molar-refractivity contribution in [2.75, 3.05) is 13.2 Å². The number of carboxylic acid groups (broad SMARTS) is 1. The number of ether oxygens (including phenoxy) is 1. The third-order valence-electron chi connectivity index (χ3n) is 2.62. The van der Waals surface area contributed by atoms with Crippen LogP contribution >= 0.6 is 0 Å². The van der Waals surface area contributed by atoms with E-state index in [2.05, 4.69) is 5.32 Å². The minimum Gasteiger partial charge on any atom is -0.480 e. The van der Waals surface area contributed by atoms with Crippen LogP contribution in [0.25, 0.3) is 0 Å². The second-order valence-electron chi connectivity index (χ2n) is 5.05. The molecular weight excluding hydrogens is 222 g/mol. The number of amides is 1. The minimum atomic E-state index is -0.991. The van der Waals surface area contributed by atoms with Crippen LogP contribution < -0.4 is 5.32 Å². The van der Waals surface area contributed by atoms with Crippen molar-refractivity contribution >= 4 is 11.9 Å². The van der Waals surface area contributed by atoms with Crippen LogP contribution in [0.3, 0.4) is 0 Å². The Balaban J connectivity index is 2.21. The summed E-state index contributed by atoms with van der Waals surface area (Å²) >= 11 is 0. The van der Waals surface area contributed by atoms with E-state index in [0.717, 1.165) is 0 Å². The molecule has 1 atom stereocenters. The second kappa shape index (κ2) is 6.59. The molecule has 0 aromatic heterocycles. The number of carbonyl (C=O) groups is 2. The molecule has 0 saturated heterocycles. The number of carboxylic acids is 1. The van der Waals surface area contributed by atoms with Gasteiger partial charge in [0.2, 0.25) is 5.91 Å². The molecule has 0 bridgehead atoms. The summed E-state index contributed by atoms with van der Waals surface area (Å²) in [5, 5.41) is 11.4. The Labute approximate surface area is 102 Å². The number of hydrogen-bond donors (Lipinski definition) is 2. The van der Waals surface area contributed by atoms with Crippen LogP contribution in [0, 0.1) is 11.8 Å². The van der Waals surface area contributed by atoms with Crippen molar-refractivity contribution in [2.45, 2.75) is 39.2 Å². The Hall–Kier alpha value is -1.10. The third kappa shape index (κ3) is 6.26. The quantitative estimate of drug-likeness (QED) is 0.667. The summed E-state index contributed by atoms with van der Waals surface area (Å²) in [6, 6.07) is -0.813. The normalized spacial score (nSPS) is 16.9. The van der Waals surface area contributed by atoms with Gasteiger partial charge in [-0.25, -0.2) is 4.79 Å². The lowest BCUT2D eigenvalue weighted by Crippen LogP contribution is -2.43. The molecule has 2 N–H and O–H groups in total. The molecule has 5 heteroatoms. The van der Waals surface area contributed by atoms with Crippen LogP contribution in [0.1, 0.15) is 33.1 Å². The molecule has 1 rings (SSSR count). The SMILES string of the molecule is CC(C)C[C@@H](NC(=O)COCC1CC1)C(=O)O. The van der Waals surface area contributed by atoms with Crippen LogP contribution in [-0.2, 0) is 14.3 Å². The molecule has 1 aliphatic carbocycles. The molecule has 98 valence electrons. The third-order valence-corrected chi connectivity index (χ3v) is 2.62. The zero-order valence-electron chi connectivity index (χ0n) is 10.4. The Morgan fingerprint density at radius 1 is 1.41 bits per heavy atom. The van der Waals surface area contributed by atoms with E-state index in [9.17, 15) is 9.59 Å². The van der Waals surface area contributed by atoms with Gasteiger partial charge in [-0.3, -0.25) is 4.79 Å². The lowest BCUT2D eigenvalue weighted by molar-refractivity contribution is -0.143. The van der Waals surface area contributed by atoms with Crippen molar-refractivity contribution in [3.05, 3.63) is 0 Å². The van der Waals surface area contributed by atoms with Crippen LogP contribution in [0.15, 0.2) is 0 Å². The first-order valence-corrected chi connectivity index (χ1v) is 6.09. The highest BCUT2D eigenvalue weighted by Crippen LogP contribution is 2.28. The van der Waals surface area contributed by atoms with Crippen molar-refractivity contribution in [1.82, 2.24) is 5.32 Å². The Bertz CT molecular complexity index is 274. The van der Waals surface area contributed by atoms with E-state index in [1.807, 2.05) is 13.8 Å². The maximum atomic E-state index is 11.4. The molecule has 0 heterocycles. The van der Waals surface area contributed by atoms with Crippen molar-refractivity contribution in [3.63, 3.8) is 0 Å². The number of rotatable bonds is 8. The van der Waals surface area contributed by atoms with Crippen LogP contribution in [0.2, 0.25) is 0 Å². The molecule has 0 spiro atoms. The van der Waals surface area contributed by atoms with E-state index in [1.165, 1.54) is 12.8 Å². The molecule has 1 aliphatic rings. The first kappa shape index (κ1) is 14.0. The lowest BCUT2D eigenvalue weighted by Gasteiger charge is -2.16. The van der Waals surface area contributed by atoms with E-state index in [0.29, 0.717) is 18.9 Å². The fourth-order valence-corrected chi connectivity index (χ4v) is 1.53. The molecular formula is C12H21NO4. The summed E-state index contributed by atoms with van der Waals surface area (Å²) in [5.41, 5.74) is 0. The number of carbonyl (C=O) groups excluding carboxylic acids is 1. The van der Waals surface area contributed by atoms with E-state index in [1.54, 1.807) is 0 Å². The summed E-state index contributed by atoms with van der Waals surface area (Å²) in [7, 11) is 0. The maximum Gasteiger partial charge on any atom is 0.326 e. The van der Waals surface area contributed by atoms with Gasteiger partial charge in [0.25, 0.3) is 0 Å². The van der Waals surface area contributed by atoms with E-state index < -0.39 is 12.0 Å². The van der Waals surface area contributed by atoms with Crippen molar-refractivity contribution in [3.8, 4) is 0 Å². The summed E-state index contributed by atoms with van der Waals surface area (Å²) in [5.74, 6) is -0.509. The molecule has 1 fully saturated rings. The Morgan fingerprint density at radius 2 is 2.06 bits per heavy atom. The summed E-state index contributed by atoms with van der Waals surface area (Å²) in [4.78, 5) is 22.3. The zero-order valence-corrected chi connectivity index (χ0v) is 10.4. The summed E-state index contributed by atoms with van der Waals surface area (Å²) in [6.45, 7) is 4.41. The van der Waals surface area contributed by atoms with Gasteiger partial charge < -0.3 is 15.2 Å². The van der Waals surface area contributed by atoms with Gasteiger partial charge in [0.15, 0.2) is 0 Å². The highest BCUT2D eigenvalue weighted by molar-refractivity contribution is 5.84. The van der Waals surface area contributed by atoms with Crippen LogP contribution in [-0.4, -0.2) is 36.2 Å². The summed E-state index contributed by atoms with van der Waals surface area (Å²) < 4.78 is 5.20. The zero-order chi connectivity index (χ0) is 12.8. The fraction of sp³-hybridized carbons (Fsp3) is 0.833. The van der Waals surface area contributed by atoms with Gasteiger partial charge in [-0.2, -0.15) is 0 Å². The number of nitrogens with one attached hydrogen (secondary N) is 1. The average Bonchev–Trinajstić information content (AvgIpc) is 2.99. The molecule has 0 unspecified atom stereocenters.